The number of benzene rings is 1. The molecule has 0 fully saturated rings. The maximum Gasteiger partial charge on any atom is 0.270 e. The average Bonchev–Trinajstić information content (AvgIpc) is 3.12. The fraction of sp³-hybridized carbons (Fsp3) is 0.294. The fourth-order valence-electron chi connectivity index (χ4n) is 2.28. The van der Waals surface area contributed by atoms with Crippen LogP contribution < -0.4 is 4.90 Å². The van der Waals surface area contributed by atoms with Gasteiger partial charge in [0.2, 0.25) is 0 Å². The highest BCUT2D eigenvalue weighted by molar-refractivity contribution is 7.22. The molecule has 3 rings (SSSR count). The summed E-state index contributed by atoms with van der Waals surface area (Å²) >= 11 is 8.84. The van der Waals surface area contributed by atoms with Gasteiger partial charge in [0.25, 0.3) is 5.91 Å². The molecule has 0 bridgehead atoms. The van der Waals surface area contributed by atoms with Crippen molar-refractivity contribution in [2.24, 2.45) is 0 Å². The molecule has 0 N–H and O–H groups in total. The number of aromatic nitrogens is 1. The first-order valence-electron chi connectivity index (χ1n) is 7.53. The van der Waals surface area contributed by atoms with Crippen LogP contribution in [0.4, 0.5) is 5.13 Å². The van der Waals surface area contributed by atoms with Crippen molar-refractivity contribution in [2.75, 3.05) is 32.1 Å². The van der Waals surface area contributed by atoms with E-state index in [1.165, 1.54) is 16.9 Å². The van der Waals surface area contributed by atoms with Gasteiger partial charge < -0.3 is 4.90 Å². The van der Waals surface area contributed by atoms with Crippen molar-refractivity contribution in [3.63, 3.8) is 0 Å². The van der Waals surface area contributed by atoms with Gasteiger partial charge in [-0.3, -0.25) is 9.69 Å². The second-order valence-electron chi connectivity index (χ2n) is 5.83. The zero-order chi connectivity index (χ0) is 17.3. The van der Waals surface area contributed by atoms with E-state index in [1.54, 1.807) is 28.4 Å². The number of carbonyl (C=O) groups excluding carboxylic acids is 1. The summed E-state index contributed by atoms with van der Waals surface area (Å²) in [5.41, 5.74) is 2.11. The highest BCUT2D eigenvalue weighted by Gasteiger charge is 2.22. The lowest BCUT2D eigenvalue weighted by molar-refractivity contribution is 0.0989. The fourth-order valence-corrected chi connectivity index (χ4v) is 4.36. The molecule has 8 heteroatoms. The Kier molecular flexibility index (Phi) is 6.82. The molecule has 0 saturated heterocycles. The molecular formula is C17H19Cl2N3OS2. The van der Waals surface area contributed by atoms with Crippen LogP contribution >= 0.6 is 46.7 Å². The molecule has 134 valence electrons. The van der Waals surface area contributed by atoms with Gasteiger partial charge in [-0.05, 0) is 50.8 Å². The van der Waals surface area contributed by atoms with Crippen molar-refractivity contribution < 1.29 is 4.79 Å². The third-order valence-corrected chi connectivity index (χ3v) is 5.82. The van der Waals surface area contributed by atoms with Crippen LogP contribution in [0.15, 0.2) is 30.3 Å². The third-order valence-electron chi connectivity index (χ3n) is 3.56. The van der Waals surface area contributed by atoms with Crippen LogP contribution in [-0.4, -0.2) is 43.0 Å². The number of hydrogen-bond donors (Lipinski definition) is 0. The Hall–Kier alpha value is -1.18. The summed E-state index contributed by atoms with van der Waals surface area (Å²) in [7, 11) is 3.98. The zero-order valence-corrected chi connectivity index (χ0v) is 17.4. The van der Waals surface area contributed by atoms with Crippen LogP contribution in [0.1, 0.15) is 15.2 Å². The van der Waals surface area contributed by atoms with E-state index in [2.05, 4.69) is 22.9 Å². The van der Waals surface area contributed by atoms with Crippen LogP contribution in [0, 0.1) is 6.92 Å². The molecule has 0 aliphatic rings. The first-order chi connectivity index (χ1) is 11.4. The van der Waals surface area contributed by atoms with Crippen LogP contribution in [0.3, 0.4) is 0 Å². The van der Waals surface area contributed by atoms with E-state index < -0.39 is 0 Å². The number of anilines is 1. The van der Waals surface area contributed by atoms with Crippen LogP contribution in [0.25, 0.3) is 10.2 Å². The Balaban J connectivity index is 0.00000225. The van der Waals surface area contributed by atoms with E-state index in [0.29, 0.717) is 15.8 Å². The Morgan fingerprint density at radius 3 is 2.56 bits per heavy atom. The van der Waals surface area contributed by atoms with Gasteiger partial charge in [0, 0.05) is 13.1 Å². The molecule has 0 unspecified atom stereocenters. The number of rotatable bonds is 5. The van der Waals surface area contributed by atoms with E-state index >= 15 is 0 Å². The first-order valence-corrected chi connectivity index (χ1v) is 9.54. The lowest BCUT2D eigenvalue weighted by Gasteiger charge is -2.21. The second kappa shape index (κ2) is 8.47. The lowest BCUT2D eigenvalue weighted by Crippen LogP contribution is -2.36. The predicted molar refractivity (Wildman–Crippen MR) is 111 cm³/mol. The molecule has 1 amide bonds. The van der Waals surface area contributed by atoms with Gasteiger partial charge in [0.1, 0.15) is 0 Å². The molecule has 0 aliphatic heterocycles. The van der Waals surface area contributed by atoms with Gasteiger partial charge in [0.05, 0.1) is 19.4 Å². The number of fused-ring (bicyclic) bond motifs is 1. The number of likely N-dealkylation sites (N-methyl/N-ethyl adjacent to an activating group) is 1. The van der Waals surface area contributed by atoms with E-state index in [9.17, 15) is 4.79 Å². The van der Waals surface area contributed by atoms with Gasteiger partial charge in [-0.2, -0.15) is 0 Å². The summed E-state index contributed by atoms with van der Waals surface area (Å²) in [5.74, 6) is -0.0514. The SMILES string of the molecule is Cc1ccc2nc(N(CCN(C)C)C(=O)c3ccc(Cl)s3)sc2c1.Cl. The molecule has 0 spiro atoms. The molecule has 0 atom stereocenters. The summed E-state index contributed by atoms with van der Waals surface area (Å²) in [4.78, 5) is 22.0. The number of halogens is 2. The van der Waals surface area contributed by atoms with Gasteiger partial charge in [-0.1, -0.05) is 29.0 Å². The number of carbonyl (C=O) groups is 1. The number of thiophene rings is 1. The Morgan fingerprint density at radius 1 is 1.16 bits per heavy atom. The molecule has 0 saturated carbocycles. The van der Waals surface area contributed by atoms with E-state index in [0.717, 1.165) is 21.9 Å². The smallest absolute Gasteiger partial charge is 0.270 e. The summed E-state index contributed by atoms with van der Waals surface area (Å²) < 4.78 is 1.71. The van der Waals surface area contributed by atoms with E-state index in [1.807, 2.05) is 26.2 Å². The number of hydrogen-bond acceptors (Lipinski definition) is 5. The minimum absolute atomic E-state index is 0. The maximum absolute atomic E-state index is 12.9. The Bertz CT molecular complexity index is 876. The summed E-state index contributed by atoms with van der Waals surface area (Å²) in [6.07, 6.45) is 0. The molecule has 25 heavy (non-hydrogen) atoms. The van der Waals surface area contributed by atoms with Crippen molar-refractivity contribution >= 4 is 67.9 Å². The monoisotopic (exact) mass is 415 g/mol. The summed E-state index contributed by atoms with van der Waals surface area (Å²) in [6.45, 7) is 3.40. The maximum atomic E-state index is 12.9. The van der Waals surface area contributed by atoms with Crippen LogP contribution in [0.5, 0.6) is 0 Å². The van der Waals surface area contributed by atoms with Crippen molar-refractivity contribution in [1.29, 1.82) is 0 Å². The van der Waals surface area contributed by atoms with Crippen LogP contribution in [-0.2, 0) is 0 Å². The first kappa shape index (κ1) is 20.1. The number of thiazole rings is 1. The molecule has 0 radical (unpaired) electrons. The minimum atomic E-state index is -0.0514. The van der Waals surface area contributed by atoms with Crippen molar-refractivity contribution in [1.82, 2.24) is 9.88 Å². The third kappa shape index (κ3) is 4.71. The second-order valence-corrected chi connectivity index (χ2v) is 8.56. The molecular weight excluding hydrogens is 397 g/mol. The lowest BCUT2D eigenvalue weighted by atomic mass is 10.2. The zero-order valence-electron chi connectivity index (χ0n) is 14.2. The summed E-state index contributed by atoms with van der Waals surface area (Å²) in [5, 5.41) is 0.729. The van der Waals surface area contributed by atoms with Gasteiger partial charge >= 0.3 is 0 Å². The molecule has 0 aliphatic carbocycles. The molecule has 3 aromatic rings. The summed E-state index contributed by atoms with van der Waals surface area (Å²) in [6, 6.07) is 9.67. The van der Waals surface area contributed by atoms with Crippen molar-refractivity contribution in [2.45, 2.75) is 6.92 Å². The highest BCUT2D eigenvalue weighted by atomic mass is 35.5. The molecule has 1 aromatic carbocycles. The average molecular weight is 416 g/mol. The standard InChI is InChI=1S/C17H18ClN3OS2.ClH/c1-11-4-5-12-14(10-11)24-17(19-12)21(9-8-20(2)3)16(22)13-6-7-15(18)23-13;/h4-7,10H,8-9H2,1-3H3;1H. The normalized spacial score (nSPS) is 10.9. The Labute approximate surface area is 166 Å². The molecule has 2 heterocycles. The van der Waals surface area contributed by atoms with E-state index in [4.69, 9.17) is 11.6 Å². The quantitative estimate of drug-likeness (QED) is 0.591. The largest absolute Gasteiger partial charge is 0.308 e. The topological polar surface area (TPSA) is 36.4 Å². The Morgan fingerprint density at radius 2 is 1.92 bits per heavy atom. The number of aryl methyl sites for hydroxylation is 1. The molecule has 2 aromatic heterocycles. The van der Waals surface area contributed by atoms with Crippen LogP contribution in [0.2, 0.25) is 4.34 Å². The van der Waals surface area contributed by atoms with E-state index in [-0.39, 0.29) is 18.3 Å². The minimum Gasteiger partial charge on any atom is -0.308 e. The van der Waals surface area contributed by atoms with Gasteiger partial charge in [-0.15, -0.1) is 23.7 Å². The highest BCUT2D eigenvalue weighted by Crippen LogP contribution is 2.31. The number of amides is 1. The van der Waals surface area contributed by atoms with Crippen molar-refractivity contribution in [3.05, 3.63) is 45.1 Å². The van der Waals surface area contributed by atoms with Crippen molar-refractivity contribution in [3.8, 4) is 0 Å². The predicted octanol–water partition coefficient (Wildman–Crippen LogP) is 4.95. The van der Waals surface area contributed by atoms with Gasteiger partial charge in [0.15, 0.2) is 5.13 Å². The van der Waals surface area contributed by atoms with Gasteiger partial charge in [-0.25, -0.2) is 4.98 Å². The molecule has 4 nitrogen and oxygen atoms in total. The number of nitrogens with zero attached hydrogens (tertiary/aromatic N) is 3.